The van der Waals surface area contributed by atoms with Crippen LogP contribution in [0.2, 0.25) is 5.28 Å². The fourth-order valence-electron chi connectivity index (χ4n) is 3.08. The Kier molecular flexibility index (Phi) is 5.48. The fraction of sp³-hybridized carbons (Fsp3) is 0.263. The smallest absolute Gasteiger partial charge is 0.407 e. The number of ether oxygens (including phenoxy) is 1. The van der Waals surface area contributed by atoms with E-state index in [-0.39, 0.29) is 11.1 Å². The molecule has 4 rings (SSSR count). The third-order valence-corrected chi connectivity index (χ3v) is 4.72. The van der Waals surface area contributed by atoms with Crippen molar-refractivity contribution in [3.05, 3.63) is 47.6 Å². The highest BCUT2D eigenvalue weighted by molar-refractivity contribution is 6.28. The van der Waals surface area contributed by atoms with E-state index in [1.54, 1.807) is 6.33 Å². The lowest BCUT2D eigenvalue weighted by atomic mass is 10.1. The quantitative estimate of drug-likeness (QED) is 0.315. The van der Waals surface area contributed by atoms with Crippen LogP contribution in [-0.4, -0.2) is 37.2 Å². The molecule has 0 saturated carbocycles. The van der Waals surface area contributed by atoms with Gasteiger partial charge in [-0.25, -0.2) is 9.78 Å². The Labute approximate surface area is 171 Å². The summed E-state index contributed by atoms with van der Waals surface area (Å²) in [5.74, 6) is 0.258. The maximum atomic E-state index is 11.9. The first-order chi connectivity index (χ1) is 14.1. The minimum atomic E-state index is -0.433. The number of nitrogen functional groups attached to an aromatic ring is 1. The normalized spacial score (nSPS) is 11.2. The molecule has 150 valence electrons. The molecular weight excluding hydrogens is 394 g/mol. The van der Waals surface area contributed by atoms with Gasteiger partial charge in [0.25, 0.3) is 0 Å². The van der Waals surface area contributed by atoms with Crippen LogP contribution in [0.5, 0.6) is 0 Å². The van der Waals surface area contributed by atoms with Gasteiger partial charge in [-0.15, -0.1) is 0 Å². The van der Waals surface area contributed by atoms with Gasteiger partial charge in [0.05, 0.1) is 12.9 Å². The van der Waals surface area contributed by atoms with E-state index >= 15 is 0 Å². The van der Waals surface area contributed by atoms with Crippen molar-refractivity contribution in [3.63, 3.8) is 0 Å². The van der Waals surface area contributed by atoms with Gasteiger partial charge >= 0.3 is 6.09 Å². The van der Waals surface area contributed by atoms with Gasteiger partial charge in [0, 0.05) is 24.8 Å². The number of halogens is 1. The number of nitrogens with two attached hydrogens (primary N) is 1. The number of aromatic nitrogens is 5. The Morgan fingerprint density at radius 3 is 3.07 bits per heavy atom. The zero-order valence-electron chi connectivity index (χ0n) is 15.6. The highest BCUT2D eigenvalue weighted by Crippen LogP contribution is 2.18. The van der Waals surface area contributed by atoms with Crippen molar-refractivity contribution in [2.24, 2.45) is 0 Å². The molecule has 29 heavy (non-hydrogen) atoms. The first-order valence-corrected chi connectivity index (χ1v) is 9.58. The number of unbranched alkanes of at least 4 members (excludes halogenated alkanes) is 1. The maximum Gasteiger partial charge on any atom is 0.407 e. The van der Waals surface area contributed by atoms with E-state index in [9.17, 15) is 4.79 Å². The van der Waals surface area contributed by atoms with Crippen LogP contribution >= 0.6 is 11.6 Å². The van der Waals surface area contributed by atoms with Gasteiger partial charge in [0.15, 0.2) is 11.5 Å². The third kappa shape index (κ3) is 4.40. The van der Waals surface area contributed by atoms with Gasteiger partial charge < -0.3 is 25.3 Å². The van der Waals surface area contributed by atoms with E-state index in [2.05, 4.69) is 25.3 Å². The Morgan fingerprint density at radius 1 is 1.28 bits per heavy atom. The number of alkyl carbamates (subject to hydrolysis) is 1. The highest BCUT2D eigenvalue weighted by Gasteiger charge is 2.10. The van der Waals surface area contributed by atoms with Gasteiger partial charge in [-0.05, 0) is 47.5 Å². The number of rotatable bonds is 7. The van der Waals surface area contributed by atoms with E-state index in [0.717, 1.165) is 22.9 Å². The predicted molar refractivity (Wildman–Crippen MR) is 110 cm³/mol. The van der Waals surface area contributed by atoms with Crippen molar-refractivity contribution in [1.29, 1.82) is 0 Å². The molecule has 0 saturated heterocycles. The second-order valence-corrected chi connectivity index (χ2v) is 6.92. The molecule has 3 heterocycles. The summed E-state index contributed by atoms with van der Waals surface area (Å²) in [4.78, 5) is 27.3. The van der Waals surface area contributed by atoms with Crippen molar-refractivity contribution in [2.45, 2.75) is 25.9 Å². The Balaban J connectivity index is 1.19. The van der Waals surface area contributed by atoms with Crippen LogP contribution < -0.4 is 11.1 Å². The lowest BCUT2D eigenvalue weighted by molar-refractivity contribution is 0.143. The van der Waals surface area contributed by atoms with E-state index in [1.165, 1.54) is 0 Å². The minimum absolute atomic E-state index is 0.0900. The molecule has 10 heteroatoms. The summed E-state index contributed by atoms with van der Waals surface area (Å²) in [7, 11) is 0. The number of carbonyl (C=O) groups is 1. The van der Waals surface area contributed by atoms with Crippen molar-refractivity contribution >= 4 is 45.6 Å². The Morgan fingerprint density at radius 2 is 2.17 bits per heavy atom. The third-order valence-electron chi connectivity index (χ3n) is 4.55. The molecular formula is C19H20ClN7O2. The average Bonchev–Trinajstić information content (AvgIpc) is 3.32. The molecule has 0 aliphatic carbocycles. The molecule has 1 aromatic carbocycles. The monoisotopic (exact) mass is 413 g/mol. The highest BCUT2D eigenvalue weighted by atomic mass is 35.5. The number of aromatic amines is 1. The summed E-state index contributed by atoms with van der Waals surface area (Å²) in [5.41, 5.74) is 8.97. The van der Waals surface area contributed by atoms with Crippen molar-refractivity contribution in [1.82, 2.24) is 29.8 Å². The molecule has 0 aliphatic rings. The van der Waals surface area contributed by atoms with Crippen LogP contribution in [0.1, 0.15) is 18.4 Å². The average molecular weight is 414 g/mol. The molecule has 4 N–H and O–H groups in total. The maximum absolute atomic E-state index is 11.9. The van der Waals surface area contributed by atoms with E-state index in [0.29, 0.717) is 37.3 Å². The number of carbonyl (C=O) groups excluding carboxylic acids is 1. The summed E-state index contributed by atoms with van der Waals surface area (Å²) in [6.45, 7) is 1.40. The number of fused-ring (bicyclic) bond motifs is 2. The molecule has 9 nitrogen and oxygen atoms in total. The molecule has 4 aromatic rings. The van der Waals surface area contributed by atoms with E-state index in [4.69, 9.17) is 22.1 Å². The van der Waals surface area contributed by atoms with Crippen molar-refractivity contribution in [2.75, 3.05) is 12.3 Å². The number of aryl methyl sites for hydroxylation is 1. The number of hydrogen-bond donors (Lipinski definition) is 3. The van der Waals surface area contributed by atoms with Crippen LogP contribution in [0.3, 0.4) is 0 Å². The largest absolute Gasteiger partial charge is 0.450 e. The number of benzene rings is 1. The molecule has 0 radical (unpaired) electrons. The zero-order chi connectivity index (χ0) is 20.2. The van der Waals surface area contributed by atoms with Crippen molar-refractivity contribution < 1.29 is 9.53 Å². The van der Waals surface area contributed by atoms with E-state index in [1.807, 2.05) is 35.0 Å². The molecule has 3 aromatic heterocycles. The van der Waals surface area contributed by atoms with Gasteiger partial charge in [-0.2, -0.15) is 9.97 Å². The second kappa shape index (κ2) is 8.36. The molecule has 0 bridgehead atoms. The number of anilines is 1. The SMILES string of the molecule is Nc1nc(Cl)nc2c1ncn2CCCCOC(=O)NCc1ccc2cc[nH]c2c1. The van der Waals surface area contributed by atoms with Crippen LogP contribution in [-0.2, 0) is 17.8 Å². The van der Waals surface area contributed by atoms with E-state index < -0.39 is 6.09 Å². The summed E-state index contributed by atoms with van der Waals surface area (Å²) < 4.78 is 7.09. The minimum Gasteiger partial charge on any atom is -0.450 e. The predicted octanol–water partition coefficient (Wildman–Crippen LogP) is 3.25. The molecule has 0 aliphatic heterocycles. The lowest BCUT2D eigenvalue weighted by Gasteiger charge is -2.08. The standard InChI is InChI=1S/C19H20ClN7O2/c20-18-25-16(21)15-17(26-18)27(11-24-15)7-1-2-8-29-19(28)23-10-12-3-4-13-5-6-22-14(13)9-12/h3-6,9,11,22H,1-2,7-8,10H2,(H,23,28)(H2,21,25,26). The number of amides is 1. The van der Waals surface area contributed by atoms with Crippen molar-refractivity contribution in [3.8, 4) is 0 Å². The number of hydrogen-bond acceptors (Lipinski definition) is 6. The lowest BCUT2D eigenvalue weighted by Crippen LogP contribution is -2.24. The van der Waals surface area contributed by atoms with Gasteiger partial charge in [0.2, 0.25) is 5.28 Å². The Bertz CT molecular complexity index is 1150. The van der Waals surface area contributed by atoms with Crippen LogP contribution in [0, 0.1) is 0 Å². The van der Waals surface area contributed by atoms with Gasteiger partial charge in [-0.1, -0.05) is 12.1 Å². The zero-order valence-corrected chi connectivity index (χ0v) is 16.3. The second-order valence-electron chi connectivity index (χ2n) is 6.58. The topological polar surface area (TPSA) is 124 Å². The number of H-pyrrole nitrogens is 1. The molecule has 0 spiro atoms. The molecule has 0 unspecified atom stereocenters. The van der Waals surface area contributed by atoms with Crippen LogP contribution in [0.15, 0.2) is 36.8 Å². The summed E-state index contributed by atoms with van der Waals surface area (Å²) in [6, 6.07) is 8.01. The van der Waals surface area contributed by atoms with Gasteiger partial charge in [-0.3, -0.25) is 0 Å². The number of nitrogens with one attached hydrogen (secondary N) is 2. The van der Waals surface area contributed by atoms with Crippen LogP contribution in [0.25, 0.3) is 22.1 Å². The summed E-state index contributed by atoms with van der Waals surface area (Å²) in [5, 5.41) is 3.99. The molecule has 0 fully saturated rings. The first kappa shape index (κ1) is 19.0. The first-order valence-electron chi connectivity index (χ1n) is 9.20. The number of nitrogens with zero attached hydrogens (tertiary/aromatic N) is 4. The number of imidazole rings is 1. The summed E-state index contributed by atoms with van der Waals surface area (Å²) >= 11 is 5.86. The fourth-order valence-corrected chi connectivity index (χ4v) is 3.25. The molecule has 0 atom stereocenters. The molecule has 1 amide bonds. The summed E-state index contributed by atoms with van der Waals surface area (Å²) in [6.07, 6.45) is 4.59. The van der Waals surface area contributed by atoms with Gasteiger partial charge in [0.1, 0.15) is 5.52 Å². The van der Waals surface area contributed by atoms with Crippen LogP contribution in [0.4, 0.5) is 10.6 Å². The Hall–Kier alpha value is -3.33.